The van der Waals surface area contributed by atoms with Gasteiger partial charge in [0.2, 0.25) is 0 Å². The van der Waals surface area contributed by atoms with Crippen molar-refractivity contribution < 1.29 is 4.79 Å². The Labute approximate surface area is 151 Å². The number of para-hydroxylation sites is 1. The molecule has 0 unspecified atom stereocenters. The number of amides is 1. The lowest BCUT2D eigenvalue weighted by Gasteiger charge is -2.30. The van der Waals surface area contributed by atoms with E-state index in [2.05, 4.69) is 6.92 Å². The lowest BCUT2D eigenvalue weighted by molar-refractivity contribution is 0.0688. The topological polar surface area (TPSA) is 38.1 Å². The molecule has 3 aromatic rings. The zero-order valence-electron chi connectivity index (χ0n) is 14.3. The van der Waals surface area contributed by atoms with Gasteiger partial charge >= 0.3 is 0 Å². The van der Waals surface area contributed by atoms with E-state index in [0.717, 1.165) is 42.2 Å². The van der Waals surface area contributed by atoms with E-state index in [1.165, 1.54) is 0 Å². The predicted octanol–water partition coefficient (Wildman–Crippen LogP) is 4.47. The second-order valence-electron chi connectivity index (χ2n) is 6.61. The minimum Gasteiger partial charge on any atom is -0.337 e. The van der Waals surface area contributed by atoms with Gasteiger partial charge in [0.15, 0.2) is 0 Å². The van der Waals surface area contributed by atoms with E-state index >= 15 is 0 Å². The number of piperidine rings is 1. The number of benzene rings is 1. The molecule has 128 valence electrons. The quantitative estimate of drug-likeness (QED) is 0.698. The average Bonchev–Trinajstić information content (AvgIpc) is 3.32. The number of rotatable bonds is 3. The van der Waals surface area contributed by atoms with Gasteiger partial charge in [-0.3, -0.25) is 4.79 Å². The van der Waals surface area contributed by atoms with Gasteiger partial charge in [0.25, 0.3) is 5.91 Å². The van der Waals surface area contributed by atoms with E-state index < -0.39 is 0 Å². The fourth-order valence-corrected chi connectivity index (χ4v) is 3.90. The summed E-state index contributed by atoms with van der Waals surface area (Å²) < 4.78 is 1.79. The molecule has 0 atom stereocenters. The molecule has 4 rings (SSSR count). The van der Waals surface area contributed by atoms with Crippen LogP contribution >= 0.6 is 11.3 Å². The van der Waals surface area contributed by atoms with Crippen molar-refractivity contribution in [2.24, 2.45) is 5.92 Å². The maximum atomic E-state index is 13.2. The molecule has 1 aliphatic heterocycles. The third-order valence-electron chi connectivity index (χ3n) is 4.77. The number of hydrogen-bond acceptors (Lipinski definition) is 3. The van der Waals surface area contributed by atoms with Crippen molar-refractivity contribution in [3.05, 3.63) is 59.6 Å². The third kappa shape index (κ3) is 3.24. The Morgan fingerprint density at radius 3 is 2.56 bits per heavy atom. The van der Waals surface area contributed by atoms with E-state index in [1.807, 2.05) is 58.8 Å². The summed E-state index contributed by atoms with van der Waals surface area (Å²) in [5.41, 5.74) is 2.41. The van der Waals surface area contributed by atoms with Gasteiger partial charge < -0.3 is 4.90 Å². The van der Waals surface area contributed by atoms with Crippen molar-refractivity contribution in [3.8, 4) is 16.3 Å². The first-order chi connectivity index (χ1) is 12.2. The predicted molar refractivity (Wildman–Crippen MR) is 101 cm³/mol. The molecule has 2 aromatic heterocycles. The van der Waals surface area contributed by atoms with Crippen LogP contribution in [0.3, 0.4) is 0 Å². The van der Waals surface area contributed by atoms with Crippen LogP contribution < -0.4 is 0 Å². The molecule has 1 aliphatic rings. The first kappa shape index (κ1) is 16.1. The van der Waals surface area contributed by atoms with Gasteiger partial charge in [-0.2, -0.15) is 5.10 Å². The highest BCUT2D eigenvalue weighted by Gasteiger charge is 2.25. The van der Waals surface area contributed by atoms with Crippen molar-refractivity contribution in [2.75, 3.05) is 13.1 Å². The van der Waals surface area contributed by atoms with Gasteiger partial charge in [-0.1, -0.05) is 31.2 Å². The Morgan fingerprint density at radius 1 is 1.12 bits per heavy atom. The second kappa shape index (κ2) is 6.84. The zero-order chi connectivity index (χ0) is 17.2. The highest BCUT2D eigenvalue weighted by Crippen LogP contribution is 2.27. The first-order valence-corrected chi connectivity index (χ1v) is 9.59. The van der Waals surface area contributed by atoms with Gasteiger partial charge in [0, 0.05) is 13.1 Å². The first-order valence-electron chi connectivity index (χ1n) is 8.71. The monoisotopic (exact) mass is 351 g/mol. The normalized spacial score (nSPS) is 15.5. The second-order valence-corrected chi connectivity index (χ2v) is 7.56. The number of nitrogens with zero attached hydrogens (tertiary/aromatic N) is 3. The molecular formula is C20H21N3OS. The van der Waals surface area contributed by atoms with Crippen LogP contribution in [0.5, 0.6) is 0 Å². The molecule has 5 heteroatoms. The summed E-state index contributed by atoms with van der Waals surface area (Å²) in [6.07, 6.45) is 2.14. The van der Waals surface area contributed by atoms with Crippen LogP contribution in [0.25, 0.3) is 16.3 Å². The van der Waals surface area contributed by atoms with Crippen molar-refractivity contribution >= 4 is 17.2 Å². The van der Waals surface area contributed by atoms with Crippen LogP contribution in [-0.2, 0) is 0 Å². The van der Waals surface area contributed by atoms with Gasteiger partial charge in [0.05, 0.1) is 10.6 Å². The summed E-state index contributed by atoms with van der Waals surface area (Å²) in [7, 11) is 0. The molecule has 1 amide bonds. The number of carbonyl (C=O) groups excluding carboxylic acids is 1. The van der Waals surface area contributed by atoms with E-state index in [9.17, 15) is 4.79 Å². The molecule has 0 bridgehead atoms. The summed E-state index contributed by atoms with van der Waals surface area (Å²) in [4.78, 5) is 16.2. The Morgan fingerprint density at radius 2 is 1.88 bits per heavy atom. The summed E-state index contributed by atoms with van der Waals surface area (Å²) in [5, 5.41) is 6.77. The molecule has 25 heavy (non-hydrogen) atoms. The average molecular weight is 351 g/mol. The van der Waals surface area contributed by atoms with E-state index in [0.29, 0.717) is 11.6 Å². The molecule has 0 N–H and O–H groups in total. The van der Waals surface area contributed by atoms with E-state index in [1.54, 1.807) is 16.0 Å². The Bertz CT molecular complexity index is 846. The van der Waals surface area contributed by atoms with Crippen LogP contribution in [-0.4, -0.2) is 33.7 Å². The SMILES string of the molecule is CC1CCN(C(=O)c2cc(-c3cccs3)nn2-c2ccccc2)CC1. The standard InChI is InChI=1S/C20H21N3OS/c1-15-9-11-22(12-10-15)20(24)18-14-17(19-8-5-13-25-19)21-23(18)16-6-3-2-4-7-16/h2-8,13-15H,9-12H2,1H3. The van der Waals surface area contributed by atoms with E-state index in [-0.39, 0.29) is 5.91 Å². The Hall–Kier alpha value is -2.40. The summed E-state index contributed by atoms with van der Waals surface area (Å²) >= 11 is 1.64. The molecular weight excluding hydrogens is 330 g/mol. The Kier molecular flexibility index (Phi) is 4.40. The number of likely N-dealkylation sites (tertiary alicyclic amines) is 1. The minimum absolute atomic E-state index is 0.0751. The van der Waals surface area contributed by atoms with Crippen molar-refractivity contribution in [1.29, 1.82) is 0 Å². The maximum absolute atomic E-state index is 13.2. The highest BCUT2D eigenvalue weighted by molar-refractivity contribution is 7.13. The molecule has 0 radical (unpaired) electrons. The van der Waals surface area contributed by atoms with Crippen LogP contribution in [0.1, 0.15) is 30.3 Å². The molecule has 1 fully saturated rings. The maximum Gasteiger partial charge on any atom is 0.272 e. The molecule has 0 saturated carbocycles. The third-order valence-corrected chi connectivity index (χ3v) is 5.67. The summed E-state index contributed by atoms with van der Waals surface area (Å²) in [6, 6.07) is 15.9. The largest absolute Gasteiger partial charge is 0.337 e. The zero-order valence-corrected chi connectivity index (χ0v) is 15.1. The van der Waals surface area contributed by atoms with Gasteiger partial charge in [-0.05, 0) is 48.4 Å². The van der Waals surface area contributed by atoms with Crippen molar-refractivity contribution in [3.63, 3.8) is 0 Å². The minimum atomic E-state index is 0.0751. The van der Waals surface area contributed by atoms with Crippen LogP contribution in [0.2, 0.25) is 0 Å². The Balaban J connectivity index is 1.73. The number of thiophene rings is 1. The molecule has 1 aromatic carbocycles. The van der Waals surface area contributed by atoms with Crippen molar-refractivity contribution in [2.45, 2.75) is 19.8 Å². The molecule has 0 spiro atoms. The lowest BCUT2D eigenvalue weighted by Crippen LogP contribution is -2.38. The van der Waals surface area contributed by atoms with Crippen LogP contribution in [0, 0.1) is 5.92 Å². The summed E-state index contributed by atoms with van der Waals surface area (Å²) in [6.45, 7) is 3.91. The van der Waals surface area contributed by atoms with E-state index in [4.69, 9.17) is 5.10 Å². The smallest absolute Gasteiger partial charge is 0.272 e. The van der Waals surface area contributed by atoms with Crippen LogP contribution in [0.4, 0.5) is 0 Å². The van der Waals surface area contributed by atoms with Crippen LogP contribution in [0.15, 0.2) is 53.9 Å². The fraction of sp³-hybridized carbons (Fsp3) is 0.300. The molecule has 0 aliphatic carbocycles. The molecule has 4 nitrogen and oxygen atoms in total. The molecule has 3 heterocycles. The van der Waals surface area contributed by atoms with Crippen molar-refractivity contribution in [1.82, 2.24) is 14.7 Å². The fourth-order valence-electron chi connectivity index (χ4n) is 3.22. The van der Waals surface area contributed by atoms with Gasteiger partial charge in [-0.15, -0.1) is 11.3 Å². The summed E-state index contributed by atoms with van der Waals surface area (Å²) in [5.74, 6) is 0.774. The highest BCUT2D eigenvalue weighted by atomic mass is 32.1. The number of aromatic nitrogens is 2. The van der Waals surface area contributed by atoms with Gasteiger partial charge in [0.1, 0.15) is 11.4 Å². The molecule has 1 saturated heterocycles. The number of hydrogen-bond donors (Lipinski definition) is 0. The van der Waals surface area contributed by atoms with Gasteiger partial charge in [-0.25, -0.2) is 4.68 Å². The number of carbonyl (C=O) groups is 1. The lowest BCUT2D eigenvalue weighted by atomic mass is 9.99.